The molecule has 0 saturated carbocycles. The first kappa shape index (κ1) is 12.1. The SMILES string of the molecule is COc1cc(O[Si](C)(C)C(C)(C)C)no1. The van der Waals surface area contributed by atoms with Gasteiger partial charge in [-0.05, 0) is 23.3 Å². The number of aromatic nitrogens is 1. The lowest BCUT2D eigenvalue weighted by atomic mass is 10.2. The molecule has 1 aromatic heterocycles. The number of hydrogen-bond acceptors (Lipinski definition) is 4. The Bertz CT molecular complexity index is 328. The molecule has 0 aliphatic carbocycles. The average molecular weight is 229 g/mol. The Morgan fingerprint density at radius 3 is 2.33 bits per heavy atom. The molecule has 0 fully saturated rings. The molecule has 0 amide bonds. The highest BCUT2D eigenvalue weighted by Gasteiger charge is 2.39. The van der Waals surface area contributed by atoms with Crippen LogP contribution in [0.4, 0.5) is 0 Å². The van der Waals surface area contributed by atoms with Crippen molar-refractivity contribution >= 4 is 8.32 Å². The quantitative estimate of drug-likeness (QED) is 0.747. The zero-order chi connectivity index (χ0) is 11.7. The minimum absolute atomic E-state index is 0.152. The Hall–Kier alpha value is -0.973. The Labute approximate surface area is 91.7 Å². The van der Waals surface area contributed by atoms with Crippen molar-refractivity contribution in [2.24, 2.45) is 0 Å². The van der Waals surface area contributed by atoms with E-state index in [1.54, 1.807) is 6.07 Å². The van der Waals surface area contributed by atoms with Gasteiger partial charge in [0.25, 0.3) is 8.32 Å². The van der Waals surface area contributed by atoms with Crippen LogP contribution in [0.3, 0.4) is 0 Å². The van der Waals surface area contributed by atoms with Crippen molar-refractivity contribution in [3.05, 3.63) is 6.07 Å². The molecule has 5 heteroatoms. The second-order valence-corrected chi connectivity index (χ2v) is 9.78. The third-order valence-corrected chi connectivity index (χ3v) is 7.17. The molecule has 0 radical (unpaired) electrons. The second-order valence-electron chi connectivity index (χ2n) is 5.05. The van der Waals surface area contributed by atoms with Crippen LogP contribution in [0.2, 0.25) is 18.1 Å². The van der Waals surface area contributed by atoms with Gasteiger partial charge in [0.1, 0.15) is 0 Å². The van der Waals surface area contributed by atoms with Crippen LogP contribution >= 0.6 is 0 Å². The van der Waals surface area contributed by atoms with Gasteiger partial charge in [-0.3, -0.25) is 0 Å². The number of nitrogens with zero attached hydrogens (tertiary/aromatic N) is 1. The largest absolute Gasteiger partial charge is 0.528 e. The summed E-state index contributed by atoms with van der Waals surface area (Å²) in [7, 11) is -0.285. The van der Waals surface area contributed by atoms with Crippen molar-refractivity contribution in [3.63, 3.8) is 0 Å². The molecule has 0 N–H and O–H groups in total. The van der Waals surface area contributed by atoms with E-state index in [0.717, 1.165) is 0 Å². The summed E-state index contributed by atoms with van der Waals surface area (Å²) < 4.78 is 15.7. The predicted octanol–water partition coefficient (Wildman–Crippen LogP) is 3.07. The first-order valence-electron chi connectivity index (χ1n) is 4.96. The molecule has 0 saturated heterocycles. The lowest BCUT2D eigenvalue weighted by molar-refractivity contribution is 0.256. The summed E-state index contributed by atoms with van der Waals surface area (Å²) in [6, 6.07) is 1.67. The highest BCUT2D eigenvalue weighted by molar-refractivity contribution is 6.74. The Kier molecular flexibility index (Phi) is 3.13. The molecule has 1 heterocycles. The molecule has 0 unspecified atom stereocenters. The van der Waals surface area contributed by atoms with Crippen molar-refractivity contribution in [1.82, 2.24) is 5.16 Å². The molecule has 15 heavy (non-hydrogen) atoms. The Morgan fingerprint density at radius 1 is 1.33 bits per heavy atom. The minimum atomic E-state index is -1.82. The van der Waals surface area contributed by atoms with Crippen LogP contribution in [0.5, 0.6) is 11.8 Å². The summed E-state index contributed by atoms with van der Waals surface area (Å²) in [5.41, 5.74) is 0. The summed E-state index contributed by atoms with van der Waals surface area (Å²) in [5, 5.41) is 3.95. The molecule has 4 nitrogen and oxygen atoms in total. The van der Waals surface area contributed by atoms with E-state index < -0.39 is 8.32 Å². The van der Waals surface area contributed by atoms with Crippen LogP contribution in [-0.4, -0.2) is 20.6 Å². The molecule has 1 rings (SSSR count). The zero-order valence-electron chi connectivity index (χ0n) is 10.2. The highest BCUT2D eigenvalue weighted by Crippen LogP contribution is 2.37. The molecular weight excluding hydrogens is 210 g/mol. The van der Waals surface area contributed by atoms with E-state index in [-0.39, 0.29) is 5.04 Å². The van der Waals surface area contributed by atoms with Gasteiger partial charge in [-0.15, -0.1) is 0 Å². The van der Waals surface area contributed by atoms with Crippen LogP contribution in [0.1, 0.15) is 20.8 Å². The van der Waals surface area contributed by atoms with E-state index in [1.807, 2.05) is 0 Å². The van der Waals surface area contributed by atoms with E-state index >= 15 is 0 Å². The molecular formula is C10H19NO3Si. The number of hydrogen-bond donors (Lipinski definition) is 0. The summed E-state index contributed by atoms with van der Waals surface area (Å²) in [6.45, 7) is 10.9. The summed E-state index contributed by atoms with van der Waals surface area (Å²) in [5.74, 6) is 0.891. The molecule has 1 aromatic rings. The predicted molar refractivity (Wildman–Crippen MR) is 60.9 cm³/mol. The monoisotopic (exact) mass is 229 g/mol. The molecule has 0 aromatic carbocycles. The fourth-order valence-corrected chi connectivity index (χ4v) is 1.73. The van der Waals surface area contributed by atoms with Crippen molar-refractivity contribution in [2.75, 3.05) is 7.11 Å². The number of rotatable bonds is 3. The van der Waals surface area contributed by atoms with Gasteiger partial charge >= 0.3 is 5.95 Å². The number of methoxy groups -OCH3 is 1. The molecule has 86 valence electrons. The van der Waals surface area contributed by atoms with Crippen LogP contribution in [0.25, 0.3) is 0 Å². The molecule has 0 aliphatic rings. The minimum Gasteiger partial charge on any atom is -0.528 e. The normalized spacial score (nSPS) is 12.7. The molecule has 0 aliphatic heterocycles. The smallest absolute Gasteiger partial charge is 0.314 e. The van der Waals surface area contributed by atoms with E-state index in [0.29, 0.717) is 11.8 Å². The zero-order valence-corrected chi connectivity index (χ0v) is 11.2. The number of ether oxygens (including phenoxy) is 1. The molecule has 0 atom stereocenters. The summed E-state index contributed by atoms with van der Waals surface area (Å²) >= 11 is 0. The van der Waals surface area contributed by atoms with Gasteiger partial charge in [-0.2, -0.15) is 0 Å². The van der Waals surface area contributed by atoms with E-state index in [2.05, 4.69) is 39.0 Å². The molecule has 0 bridgehead atoms. The van der Waals surface area contributed by atoms with E-state index in [9.17, 15) is 0 Å². The van der Waals surface area contributed by atoms with Gasteiger partial charge in [0.2, 0.25) is 5.88 Å². The van der Waals surface area contributed by atoms with Gasteiger partial charge in [0, 0.05) is 0 Å². The van der Waals surface area contributed by atoms with Crippen LogP contribution < -0.4 is 9.16 Å². The summed E-state index contributed by atoms with van der Waals surface area (Å²) in [6.07, 6.45) is 0. The van der Waals surface area contributed by atoms with Crippen molar-refractivity contribution in [1.29, 1.82) is 0 Å². The van der Waals surface area contributed by atoms with Crippen molar-refractivity contribution in [2.45, 2.75) is 38.9 Å². The van der Waals surface area contributed by atoms with Crippen molar-refractivity contribution < 1.29 is 13.7 Å². The lowest BCUT2D eigenvalue weighted by Gasteiger charge is -2.35. The van der Waals surface area contributed by atoms with Gasteiger partial charge in [0.15, 0.2) is 0 Å². The first-order chi connectivity index (χ1) is 6.76. The van der Waals surface area contributed by atoms with E-state index in [4.69, 9.17) is 13.7 Å². The maximum absolute atomic E-state index is 5.90. The van der Waals surface area contributed by atoms with Crippen molar-refractivity contribution in [3.8, 4) is 11.8 Å². The van der Waals surface area contributed by atoms with Crippen LogP contribution in [0.15, 0.2) is 10.6 Å². The lowest BCUT2D eigenvalue weighted by Crippen LogP contribution is -2.43. The Morgan fingerprint density at radius 2 is 1.93 bits per heavy atom. The second kappa shape index (κ2) is 3.88. The van der Waals surface area contributed by atoms with Gasteiger partial charge < -0.3 is 13.7 Å². The van der Waals surface area contributed by atoms with Gasteiger partial charge in [-0.1, -0.05) is 20.8 Å². The standard InChI is InChI=1S/C10H19NO3Si/c1-10(2,3)15(5,6)14-8-7-9(12-4)13-11-8/h7H,1-6H3. The fourth-order valence-electron chi connectivity index (χ4n) is 0.802. The van der Waals surface area contributed by atoms with Gasteiger partial charge in [0.05, 0.1) is 13.2 Å². The maximum Gasteiger partial charge on any atom is 0.314 e. The van der Waals surface area contributed by atoms with E-state index in [1.165, 1.54) is 7.11 Å². The Balaban J connectivity index is 2.77. The van der Waals surface area contributed by atoms with Crippen LogP contribution in [0, 0.1) is 0 Å². The topological polar surface area (TPSA) is 44.5 Å². The third kappa shape index (κ3) is 2.74. The maximum atomic E-state index is 5.90. The average Bonchev–Trinajstić information content (AvgIpc) is 2.49. The highest BCUT2D eigenvalue weighted by atomic mass is 28.4. The third-order valence-electron chi connectivity index (χ3n) is 2.83. The summed E-state index contributed by atoms with van der Waals surface area (Å²) in [4.78, 5) is 0. The van der Waals surface area contributed by atoms with Crippen LogP contribution in [-0.2, 0) is 0 Å². The molecule has 0 spiro atoms. The fraction of sp³-hybridized carbons (Fsp3) is 0.700. The van der Waals surface area contributed by atoms with Gasteiger partial charge in [-0.25, -0.2) is 0 Å². The first-order valence-corrected chi connectivity index (χ1v) is 7.87.